The van der Waals surface area contributed by atoms with Crippen LogP contribution in [0.5, 0.6) is 11.5 Å². The van der Waals surface area contributed by atoms with Gasteiger partial charge >= 0.3 is 162 Å². The summed E-state index contributed by atoms with van der Waals surface area (Å²) >= 11 is -0.0744. The van der Waals surface area contributed by atoms with Crippen LogP contribution >= 0.6 is 0 Å². The van der Waals surface area contributed by atoms with E-state index >= 15 is 0 Å². The second kappa shape index (κ2) is 10.3. The van der Waals surface area contributed by atoms with Gasteiger partial charge in [-0.25, -0.2) is 0 Å². The van der Waals surface area contributed by atoms with Crippen molar-refractivity contribution >= 4 is 42.8 Å². The van der Waals surface area contributed by atoms with E-state index in [-0.39, 0.29) is 20.4 Å². The van der Waals surface area contributed by atoms with Crippen molar-refractivity contribution < 1.29 is 19.0 Å². The van der Waals surface area contributed by atoms with E-state index < -0.39 is 0 Å². The van der Waals surface area contributed by atoms with Gasteiger partial charge in [0.25, 0.3) is 0 Å². The molecular formula is C22H27N5O4Se. The van der Waals surface area contributed by atoms with Gasteiger partial charge in [-0.3, -0.25) is 0 Å². The van der Waals surface area contributed by atoms with Crippen molar-refractivity contribution in [3.63, 3.8) is 0 Å². The summed E-state index contributed by atoms with van der Waals surface area (Å²) in [5.41, 5.74) is 7.04. The van der Waals surface area contributed by atoms with Crippen LogP contribution in [0.1, 0.15) is 20.1 Å². The van der Waals surface area contributed by atoms with Crippen molar-refractivity contribution in [2.45, 2.75) is 13.3 Å². The Bertz CT molecular complexity index is 1100. The first-order chi connectivity index (χ1) is 15.5. The van der Waals surface area contributed by atoms with Crippen LogP contribution in [-0.4, -0.2) is 81.8 Å². The van der Waals surface area contributed by atoms with Gasteiger partial charge in [0.2, 0.25) is 0 Å². The second-order valence-electron chi connectivity index (χ2n) is 7.47. The summed E-state index contributed by atoms with van der Waals surface area (Å²) in [6, 6.07) is 5.56. The predicted octanol–water partition coefficient (Wildman–Crippen LogP) is 1.95. The fraction of sp³-hybridized carbons (Fsp3) is 0.409. The van der Waals surface area contributed by atoms with Gasteiger partial charge in [-0.05, 0) is 0 Å². The summed E-state index contributed by atoms with van der Waals surface area (Å²) in [6.45, 7) is 7.06. The number of nitrogens with two attached hydrogens (primary N) is 1. The molecule has 0 saturated carbocycles. The van der Waals surface area contributed by atoms with Gasteiger partial charge < -0.3 is 4.74 Å². The number of nitrogens with one attached hydrogen (secondary N) is 1. The Morgan fingerprint density at radius 2 is 2.06 bits per heavy atom. The van der Waals surface area contributed by atoms with Crippen molar-refractivity contribution in [3.05, 3.63) is 33.4 Å². The quantitative estimate of drug-likeness (QED) is 0.336. The molecule has 32 heavy (non-hydrogen) atoms. The van der Waals surface area contributed by atoms with E-state index in [0.717, 1.165) is 60.3 Å². The summed E-state index contributed by atoms with van der Waals surface area (Å²) in [5.74, 6) is 1.53. The number of primary amides is 1. The second-order valence-corrected chi connectivity index (χ2v) is 10.1. The number of rotatable bonds is 9. The molecule has 0 spiro atoms. The fourth-order valence-corrected chi connectivity index (χ4v) is 5.32. The molecule has 1 saturated heterocycles. The third kappa shape index (κ3) is 5.21. The van der Waals surface area contributed by atoms with E-state index in [0.29, 0.717) is 28.4 Å². The Kier molecular flexibility index (Phi) is 7.26. The Morgan fingerprint density at radius 3 is 2.78 bits per heavy atom. The molecular weight excluding hydrogens is 477 g/mol. The topological polar surface area (TPSA) is 112 Å². The minimum atomic E-state index is -0.383. The zero-order chi connectivity index (χ0) is 22.5. The molecule has 4 rings (SSSR count). The molecule has 1 aliphatic rings. The van der Waals surface area contributed by atoms with Crippen molar-refractivity contribution in [1.82, 2.24) is 14.9 Å². The molecule has 1 aromatic carbocycles. The van der Waals surface area contributed by atoms with Gasteiger partial charge in [-0.1, -0.05) is 0 Å². The van der Waals surface area contributed by atoms with Gasteiger partial charge in [0.1, 0.15) is 0 Å². The van der Waals surface area contributed by atoms with Gasteiger partial charge in [0.15, 0.2) is 0 Å². The Balaban J connectivity index is 1.52. The van der Waals surface area contributed by atoms with Gasteiger partial charge in [-0.15, -0.1) is 0 Å². The Labute approximate surface area is 192 Å². The van der Waals surface area contributed by atoms with Crippen molar-refractivity contribution in [2.75, 3.05) is 51.9 Å². The molecule has 3 aromatic rings. The molecule has 170 valence electrons. The van der Waals surface area contributed by atoms with Crippen LogP contribution in [0.25, 0.3) is 10.9 Å². The SMILES string of the molecule is COc1cc2ncnc(Nc3cc(C(N)=O)[se]c3C)c2cc1OCCCN1CCOCC1. The van der Waals surface area contributed by atoms with Crippen molar-refractivity contribution in [2.24, 2.45) is 5.73 Å². The van der Waals surface area contributed by atoms with Crippen LogP contribution in [0.2, 0.25) is 0 Å². The van der Waals surface area contributed by atoms with E-state index in [9.17, 15) is 4.79 Å². The van der Waals surface area contributed by atoms with E-state index in [1.807, 2.05) is 19.1 Å². The Morgan fingerprint density at radius 1 is 1.25 bits per heavy atom. The molecule has 2 aromatic heterocycles. The molecule has 3 heterocycles. The number of carbonyl (C=O) groups is 1. The van der Waals surface area contributed by atoms with E-state index in [4.69, 9.17) is 19.9 Å². The molecule has 0 unspecified atom stereocenters. The Hall–Kier alpha value is -2.65. The van der Waals surface area contributed by atoms with Crippen LogP contribution in [0, 0.1) is 6.92 Å². The minimum absolute atomic E-state index is 0.0744. The average Bonchev–Trinajstić information content (AvgIpc) is 3.17. The number of hydrogen-bond acceptors (Lipinski definition) is 8. The fourth-order valence-electron chi connectivity index (χ4n) is 3.59. The summed E-state index contributed by atoms with van der Waals surface area (Å²) in [6.07, 6.45) is 2.41. The number of carbonyl (C=O) groups excluding carboxylic acids is 1. The number of amides is 1. The average molecular weight is 504 g/mol. The molecule has 0 atom stereocenters. The van der Waals surface area contributed by atoms with Crippen LogP contribution < -0.4 is 20.5 Å². The zero-order valence-electron chi connectivity index (χ0n) is 18.2. The normalized spacial score (nSPS) is 14.4. The molecule has 1 aliphatic heterocycles. The first-order valence-electron chi connectivity index (χ1n) is 10.5. The van der Waals surface area contributed by atoms with Gasteiger partial charge in [-0.2, -0.15) is 0 Å². The molecule has 0 radical (unpaired) electrons. The van der Waals surface area contributed by atoms with Crippen molar-refractivity contribution in [3.8, 4) is 11.5 Å². The number of nitrogens with zero attached hydrogens (tertiary/aromatic N) is 3. The van der Waals surface area contributed by atoms with Crippen LogP contribution in [-0.2, 0) is 4.74 Å². The number of benzene rings is 1. The van der Waals surface area contributed by atoms with Gasteiger partial charge in [0.05, 0.1) is 13.2 Å². The minimum Gasteiger partial charge on any atom is -0.379 e. The van der Waals surface area contributed by atoms with Gasteiger partial charge in [0, 0.05) is 13.1 Å². The number of morpholine rings is 1. The van der Waals surface area contributed by atoms with E-state index in [1.165, 1.54) is 6.33 Å². The standard InChI is InChI=1S/C22H27N5O4Se/c1-14-16(12-20(32-14)21(23)28)26-22-15-10-19(18(29-2)11-17(15)24-13-25-22)31-7-3-4-27-5-8-30-9-6-27/h10-13H,3-9H2,1-2H3,(H2,23,28)(H,24,25,26). The number of anilines is 2. The summed E-state index contributed by atoms with van der Waals surface area (Å²) in [5, 5.41) is 4.15. The molecule has 1 fully saturated rings. The summed E-state index contributed by atoms with van der Waals surface area (Å²) < 4.78 is 18.7. The van der Waals surface area contributed by atoms with E-state index in [1.54, 1.807) is 13.2 Å². The smallest absolute Gasteiger partial charge is 0.379 e. The number of aryl methyl sites for hydroxylation is 1. The predicted molar refractivity (Wildman–Crippen MR) is 123 cm³/mol. The monoisotopic (exact) mass is 505 g/mol. The first kappa shape index (κ1) is 22.5. The number of fused-ring (bicyclic) bond motifs is 1. The molecule has 1 amide bonds. The maximum atomic E-state index is 11.5. The third-order valence-electron chi connectivity index (χ3n) is 5.31. The number of methoxy groups -OCH3 is 1. The number of aromatic nitrogens is 2. The number of ether oxygens (including phenoxy) is 3. The zero-order valence-corrected chi connectivity index (χ0v) is 19.9. The first-order valence-corrected chi connectivity index (χ1v) is 12.2. The van der Waals surface area contributed by atoms with Crippen molar-refractivity contribution in [1.29, 1.82) is 0 Å². The molecule has 0 bridgehead atoms. The summed E-state index contributed by atoms with van der Waals surface area (Å²) in [7, 11) is 1.62. The van der Waals surface area contributed by atoms with Crippen LogP contribution in [0.4, 0.5) is 11.5 Å². The molecule has 10 heteroatoms. The van der Waals surface area contributed by atoms with Crippen LogP contribution in [0.3, 0.4) is 0 Å². The van der Waals surface area contributed by atoms with Crippen LogP contribution in [0.15, 0.2) is 24.5 Å². The maximum absolute atomic E-state index is 11.5. The summed E-state index contributed by atoms with van der Waals surface area (Å²) in [4.78, 5) is 22.7. The van der Waals surface area contributed by atoms with E-state index in [2.05, 4.69) is 20.2 Å². The number of hydrogen-bond donors (Lipinski definition) is 2. The molecule has 9 nitrogen and oxygen atoms in total. The third-order valence-corrected chi connectivity index (χ3v) is 7.55. The molecule has 3 N–H and O–H groups in total. The molecule has 0 aliphatic carbocycles.